The summed E-state index contributed by atoms with van der Waals surface area (Å²) in [5.41, 5.74) is -0.414. The van der Waals surface area contributed by atoms with Gasteiger partial charge in [-0.25, -0.2) is 9.18 Å². The molecule has 0 aliphatic carbocycles. The first-order valence-corrected chi connectivity index (χ1v) is 7.34. The van der Waals surface area contributed by atoms with Crippen LogP contribution in [-0.2, 0) is 16.9 Å². The number of hydrogen-bond donors (Lipinski definition) is 1. The maximum atomic E-state index is 14.1. The SMILES string of the molecule is C[C@]1(c2ccccc2F)NC(=O)N(Cc2ccccc2C#N)C1=O. The van der Waals surface area contributed by atoms with E-state index in [-0.39, 0.29) is 12.1 Å². The van der Waals surface area contributed by atoms with Crippen molar-refractivity contribution < 1.29 is 14.0 Å². The summed E-state index contributed by atoms with van der Waals surface area (Å²) < 4.78 is 14.1. The lowest BCUT2D eigenvalue weighted by Crippen LogP contribution is -2.41. The quantitative estimate of drug-likeness (QED) is 0.883. The minimum Gasteiger partial charge on any atom is -0.319 e. The number of nitrogens with one attached hydrogen (secondary N) is 1. The molecule has 6 heteroatoms. The van der Waals surface area contributed by atoms with Gasteiger partial charge in [0.15, 0.2) is 0 Å². The topological polar surface area (TPSA) is 73.2 Å². The van der Waals surface area contributed by atoms with Crippen LogP contribution in [0.2, 0.25) is 0 Å². The van der Waals surface area contributed by atoms with Gasteiger partial charge in [-0.1, -0.05) is 36.4 Å². The minimum atomic E-state index is -1.47. The maximum absolute atomic E-state index is 14.1. The van der Waals surface area contributed by atoms with E-state index in [1.165, 1.54) is 25.1 Å². The Kier molecular flexibility index (Phi) is 3.78. The summed E-state index contributed by atoms with van der Waals surface area (Å²) in [5, 5.41) is 11.7. The van der Waals surface area contributed by atoms with Gasteiger partial charge in [0.25, 0.3) is 5.91 Å². The van der Waals surface area contributed by atoms with Gasteiger partial charge in [-0.2, -0.15) is 5.26 Å². The molecular formula is C18H14FN3O2. The Morgan fingerprint density at radius 1 is 1.17 bits per heavy atom. The molecule has 0 aromatic heterocycles. The standard InChI is InChI=1S/C18H14FN3O2/c1-18(14-8-4-5-9-15(14)19)16(23)22(17(24)21-18)11-13-7-3-2-6-12(13)10-20/h2-9H,11H2,1H3,(H,21,24)/t18-/m1/s1. The van der Waals surface area contributed by atoms with Gasteiger partial charge in [0.1, 0.15) is 11.4 Å². The number of nitriles is 1. The lowest BCUT2D eigenvalue weighted by molar-refractivity contribution is -0.131. The predicted molar refractivity (Wildman–Crippen MR) is 84.0 cm³/mol. The fourth-order valence-electron chi connectivity index (χ4n) is 2.83. The second-order valence-electron chi connectivity index (χ2n) is 5.70. The van der Waals surface area contributed by atoms with Crippen molar-refractivity contribution in [3.63, 3.8) is 0 Å². The largest absolute Gasteiger partial charge is 0.325 e. The van der Waals surface area contributed by atoms with Crippen molar-refractivity contribution in [2.24, 2.45) is 0 Å². The molecule has 2 aromatic carbocycles. The Balaban J connectivity index is 1.96. The molecule has 1 N–H and O–H groups in total. The minimum absolute atomic E-state index is 0.0432. The summed E-state index contributed by atoms with van der Waals surface area (Å²) in [6, 6.07) is 14.0. The van der Waals surface area contributed by atoms with Crippen LogP contribution in [0.15, 0.2) is 48.5 Å². The number of carbonyl (C=O) groups is 2. The molecule has 0 bridgehead atoms. The Labute approximate surface area is 138 Å². The number of rotatable bonds is 3. The molecule has 5 nitrogen and oxygen atoms in total. The number of nitrogens with zero attached hydrogens (tertiary/aromatic N) is 2. The zero-order valence-corrected chi connectivity index (χ0v) is 12.9. The van der Waals surface area contributed by atoms with Gasteiger partial charge in [-0.05, 0) is 24.6 Å². The van der Waals surface area contributed by atoms with Gasteiger partial charge < -0.3 is 5.32 Å². The van der Waals surface area contributed by atoms with Gasteiger partial charge in [0.2, 0.25) is 0 Å². The average Bonchev–Trinajstić information content (AvgIpc) is 2.80. The van der Waals surface area contributed by atoms with E-state index in [9.17, 15) is 14.0 Å². The second-order valence-corrected chi connectivity index (χ2v) is 5.70. The third-order valence-corrected chi connectivity index (χ3v) is 4.15. The van der Waals surface area contributed by atoms with Crippen molar-refractivity contribution in [1.82, 2.24) is 10.2 Å². The van der Waals surface area contributed by atoms with Crippen molar-refractivity contribution in [2.75, 3.05) is 0 Å². The summed E-state index contributed by atoms with van der Waals surface area (Å²) in [5.74, 6) is -1.11. The lowest BCUT2D eigenvalue weighted by Gasteiger charge is -2.22. The molecule has 3 rings (SSSR count). The van der Waals surface area contributed by atoms with Crippen molar-refractivity contribution in [3.8, 4) is 6.07 Å². The van der Waals surface area contributed by atoms with Crippen LogP contribution >= 0.6 is 0 Å². The first-order chi connectivity index (χ1) is 11.5. The molecule has 2 aromatic rings. The van der Waals surface area contributed by atoms with Gasteiger partial charge >= 0.3 is 6.03 Å². The molecule has 1 heterocycles. The van der Waals surface area contributed by atoms with Gasteiger partial charge in [-0.3, -0.25) is 9.69 Å². The highest BCUT2D eigenvalue weighted by Gasteiger charge is 2.50. The number of carbonyl (C=O) groups excluding carboxylic acids is 2. The highest BCUT2D eigenvalue weighted by molar-refractivity contribution is 6.07. The van der Waals surface area contributed by atoms with E-state index in [0.29, 0.717) is 11.1 Å². The molecule has 1 atom stereocenters. The van der Waals surface area contributed by atoms with Crippen LogP contribution in [0.4, 0.5) is 9.18 Å². The zero-order chi connectivity index (χ0) is 17.3. The van der Waals surface area contributed by atoms with Gasteiger partial charge in [0.05, 0.1) is 18.2 Å². The summed E-state index contributed by atoms with van der Waals surface area (Å²) in [6.45, 7) is 1.43. The molecular weight excluding hydrogens is 309 g/mol. The second kappa shape index (κ2) is 5.78. The van der Waals surface area contributed by atoms with Crippen molar-refractivity contribution >= 4 is 11.9 Å². The molecule has 0 spiro atoms. The van der Waals surface area contributed by atoms with Crippen LogP contribution in [0.5, 0.6) is 0 Å². The number of halogens is 1. The van der Waals surface area contributed by atoms with Crippen LogP contribution in [-0.4, -0.2) is 16.8 Å². The molecule has 0 radical (unpaired) electrons. The summed E-state index contributed by atoms with van der Waals surface area (Å²) in [7, 11) is 0. The average molecular weight is 323 g/mol. The molecule has 24 heavy (non-hydrogen) atoms. The van der Waals surface area contributed by atoms with Gasteiger partial charge in [-0.15, -0.1) is 0 Å². The molecule has 1 aliphatic rings. The van der Waals surface area contributed by atoms with Crippen LogP contribution in [0.25, 0.3) is 0 Å². The fraction of sp³-hybridized carbons (Fsp3) is 0.167. The van der Waals surface area contributed by atoms with E-state index in [1.54, 1.807) is 30.3 Å². The molecule has 120 valence electrons. The number of amides is 3. The highest BCUT2D eigenvalue weighted by Crippen LogP contribution is 2.31. The maximum Gasteiger partial charge on any atom is 0.325 e. The lowest BCUT2D eigenvalue weighted by atomic mass is 9.91. The van der Waals surface area contributed by atoms with E-state index in [4.69, 9.17) is 5.26 Å². The molecule has 1 saturated heterocycles. The van der Waals surface area contributed by atoms with E-state index >= 15 is 0 Å². The number of imide groups is 1. The van der Waals surface area contributed by atoms with Crippen LogP contribution in [0.1, 0.15) is 23.6 Å². The molecule has 0 saturated carbocycles. The Bertz CT molecular complexity index is 875. The molecule has 3 amide bonds. The van der Waals surface area contributed by atoms with Crippen LogP contribution in [0, 0.1) is 17.1 Å². The number of benzene rings is 2. The number of hydrogen-bond acceptors (Lipinski definition) is 3. The van der Waals surface area contributed by atoms with E-state index in [0.717, 1.165) is 4.90 Å². The summed E-state index contributed by atoms with van der Waals surface area (Å²) in [4.78, 5) is 26.1. The first-order valence-electron chi connectivity index (χ1n) is 7.34. The summed E-state index contributed by atoms with van der Waals surface area (Å²) in [6.07, 6.45) is 0. The van der Waals surface area contributed by atoms with Crippen molar-refractivity contribution in [1.29, 1.82) is 5.26 Å². The Morgan fingerprint density at radius 3 is 2.54 bits per heavy atom. The Morgan fingerprint density at radius 2 is 1.83 bits per heavy atom. The number of urea groups is 1. The third kappa shape index (κ3) is 2.40. The molecule has 0 unspecified atom stereocenters. The smallest absolute Gasteiger partial charge is 0.319 e. The molecule has 1 fully saturated rings. The monoisotopic (exact) mass is 323 g/mol. The van der Waals surface area contributed by atoms with Crippen LogP contribution < -0.4 is 5.32 Å². The third-order valence-electron chi connectivity index (χ3n) is 4.15. The van der Waals surface area contributed by atoms with E-state index in [1.807, 2.05) is 6.07 Å². The van der Waals surface area contributed by atoms with Crippen LogP contribution in [0.3, 0.4) is 0 Å². The predicted octanol–water partition coefficient (Wildman–Crippen LogP) is 2.66. The molecule has 1 aliphatic heterocycles. The van der Waals surface area contributed by atoms with Crippen molar-refractivity contribution in [3.05, 3.63) is 71.0 Å². The Hall–Kier alpha value is -3.20. The fourth-order valence-corrected chi connectivity index (χ4v) is 2.83. The normalized spacial score (nSPS) is 20.0. The summed E-state index contributed by atoms with van der Waals surface area (Å²) >= 11 is 0. The van der Waals surface area contributed by atoms with E-state index < -0.39 is 23.3 Å². The first kappa shape index (κ1) is 15.7. The highest BCUT2D eigenvalue weighted by atomic mass is 19.1. The van der Waals surface area contributed by atoms with Crippen molar-refractivity contribution in [2.45, 2.75) is 19.0 Å². The zero-order valence-electron chi connectivity index (χ0n) is 12.9. The van der Waals surface area contributed by atoms with Gasteiger partial charge in [0, 0.05) is 5.56 Å². The van der Waals surface area contributed by atoms with E-state index in [2.05, 4.69) is 5.32 Å².